The third kappa shape index (κ3) is 1.99. The van der Waals surface area contributed by atoms with Gasteiger partial charge >= 0.3 is 5.97 Å². The fraction of sp³-hybridized carbons (Fsp3) is 0.300. The van der Waals surface area contributed by atoms with E-state index in [0.29, 0.717) is 0 Å². The third-order valence-corrected chi connectivity index (χ3v) is 2.14. The molecule has 1 aromatic rings. The number of aromatic nitrogens is 1. The van der Waals surface area contributed by atoms with Crippen molar-refractivity contribution >= 4 is 12.0 Å². The molecule has 3 nitrogen and oxygen atoms in total. The van der Waals surface area contributed by atoms with E-state index in [2.05, 4.69) is 4.98 Å². The molecule has 0 bridgehead atoms. The first-order chi connectivity index (χ1) is 6.02. The van der Waals surface area contributed by atoms with Crippen molar-refractivity contribution in [1.82, 2.24) is 4.98 Å². The van der Waals surface area contributed by atoms with Crippen molar-refractivity contribution in [3.63, 3.8) is 0 Å². The fourth-order valence-electron chi connectivity index (χ4n) is 1.33. The van der Waals surface area contributed by atoms with Crippen molar-refractivity contribution in [3.8, 4) is 0 Å². The van der Waals surface area contributed by atoms with Gasteiger partial charge in [-0.3, -0.25) is 0 Å². The molecule has 0 saturated carbocycles. The average Bonchev–Trinajstić information content (AvgIpc) is 2.24. The van der Waals surface area contributed by atoms with Gasteiger partial charge in [-0.1, -0.05) is 0 Å². The molecule has 3 heteroatoms. The number of hydrogen-bond acceptors (Lipinski definition) is 1. The number of hydrogen-bond donors (Lipinski definition) is 2. The van der Waals surface area contributed by atoms with Gasteiger partial charge in [-0.25, -0.2) is 4.79 Å². The molecule has 0 aromatic carbocycles. The molecule has 0 amide bonds. The average molecular weight is 179 g/mol. The van der Waals surface area contributed by atoms with Gasteiger partial charge in [0.2, 0.25) is 0 Å². The highest BCUT2D eigenvalue weighted by molar-refractivity contribution is 5.85. The monoisotopic (exact) mass is 179 g/mol. The van der Waals surface area contributed by atoms with Gasteiger partial charge in [-0.05, 0) is 38.0 Å². The van der Waals surface area contributed by atoms with E-state index in [0.717, 1.165) is 28.6 Å². The van der Waals surface area contributed by atoms with Gasteiger partial charge in [0, 0.05) is 17.5 Å². The number of nitrogens with one attached hydrogen (secondary N) is 1. The van der Waals surface area contributed by atoms with Crippen molar-refractivity contribution in [1.29, 1.82) is 0 Å². The number of aromatic amines is 1. The van der Waals surface area contributed by atoms with Crippen molar-refractivity contribution in [2.45, 2.75) is 20.8 Å². The summed E-state index contributed by atoms with van der Waals surface area (Å²) < 4.78 is 0. The molecule has 2 N–H and O–H groups in total. The zero-order valence-electron chi connectivity index (χ0n) is 8.01. The van der Waals surface area contributed by atoms with E-state index in [4.69, 9.17) is 5.11 Å². The Kier molecular flexibility index (Phi) is 2.56. The SMILES string of the molecule is Cc1[nH]c(C)c(/C=C/C(=O)O)c1C. The van der Waals surface area contributed by atoms with E-state index in [-0.39, 0.29) is 0 Å². The van der Waals surface area contributed by atoms with Gasteiger partial charge in [0.15, 0.2) is 0 Å². The van der Waals surface area contributed by atoms with Gasteiger partial charge < -0.3 is 10.1 Å². The zero-order valence-corrected chi connectivity index (χ0v) is 8.01. The maximum absolute atomic E-state index is 10.3. The van der Waals surface area contributed by atoms with Crippen LogP contribution in [0.4, 0.5) is 0 Å². The Hall–Kier alpha value is -1.51. The standard InChI is InChI=1S/C10H13NO2/c1-6-7(2)11-8(3)9(6)4-5-10(12)13/h4-5,11H,1-3H3,(H,12,13)/b5-4+. The van der Waals surface area contributed by atoms with E-state index < -0.39 is 5.97 Å². The van der Waals surface area contributed by atoms with Crippen LogP contribution in [0.1, 0.15) is 22.5 Å². The van der Waals surface area contributed by atoms with Crippen LogP contribution in [0.2, 0.25) is 0 Å². The first kappa shape index (κ1) is 9.58. The van der Waals surface area contributed by atoms with E-state index in [1.807, 2.05) is 20.8 Å². The van der Waals surface area contributed by atoms with Crippen molar-refractivity contribution in [2.75, 3.05) is 0 Å². The van der Waals surface area contributed by atoms with Crippen LogP contribution in [0.3, 0.4) is 0 Å². The summed E-state index contributed by atoms with van der Waals surface area (Å²) >= 11 is 0. The number of carboxylic acids is 1. The second-order valence-corrected chi connectivity index (χ2v) is 3.09. The molecule has 0 spiro atoms. The lowest BCUT2D eigenvalue weighted by atomic mass is 10.1. The largest absolute Gasteiger partial charge is 0.478 e. The van der Waals surface area contributed by atoms with Crippen LogP contribution in [-0.2, 0) is 4.79 Å². The van der Waals surface area contributed by atoms with Crippen LogP contribution in [0.5, 0.6) is 0 Å². The summed E-state index contributed by atoms with van der Waals surface area (Å²) in [6, 6.07) is 0. The lowest BCUT2D eigenvalue weighted by Gasteiger charge is -1.92. The second kappa shape index (κ2) is 3.47. The molecule has 0 atom stereocenters. The maximum atomic E-state index is 10.3. The second-order valence-electron chi connectivity index (χ2n) is 3.09. The Balaban J connectivity index is 3.07. The van der Waals surface area contributed by atoms with Crippen molar-refractivity contribution < 1.29 is 9.90 Å². The number of carboxylic acid groups (broad SMARTS) is 1. The molecule has 0 fully saturated rings. The fourth-order valence-corrected chi connectivity index (χ4v) is 1.33. The molecule has 0 saturated heterocycles. The van der Waals surface area contributed by atoms with Crippen LogP contribution in [0.25, 0.3) is 6.08 Å². The number of rotatable bonds is 2. The molecule has 13 heavy (non-hydrogen) atoms. The number of aliphatic carboxylic acids is 1. The van der Waals surface area contributed by atoms with Crippen LogP contribution in [-0.4, -0.2) is 16.1 Å². The minimum Gasteiger partial charge on any atom is -0.478 e. The summed E-state index contributed by atoms with van der Waals surface area (Å²) in [5.41, 5.74) is 4.17. The molecular weight excluding hydrogens is 166 g/mol. The highest BCUT2D eigenvalue weighted by Crippen LogP contribution is 2.18. The molecule has 0 aliphatic heterocycles. The maximum Gasteiger partial charge on any atom is 0.328 e. The van der Waals surface area contributed by atoms with Crippen LogP contribution >= 0.6 is 0 Å². The van der Waals surface area contributed by atoms with Crippen LogP contribution in [0.15, 0.2) is 6.08 Å². The van der Waals surface area contributed by atoms with Gasteiger partial charge in [0.05, 0.1) is 0 Å². The zero-order chi connectivity index (χ0) is 10.0. The minimum atomic E-state index is -0.919. The minimum absolute atomic E-state index is 0.919. The Morgan fingerprint density at radius 3 is 2.31 bits per heavy atom. The number of H-pyrrole nitrogens is 1. The molecule has 70 valence electrons. The summed E-state index contributed by atoms with van der Waals surface area (Å²) in [4.78, 5) is 13.5. The molecule has 1 heterocycles. The first-order valence-corrected chi connectivity index (χ1v) is 4.09. The molecule has 0 aliphatic carbocycles. The van der Waals surface area contributed by atoms with Crippen molar-refractivity contribution in [2.24, 2.45) is 0 Å². The van der Waals surface area contributed by atoms with E-state index >= 15 is 0 Å². The molecule has 1 rings (SSSR count). The highest BCUT2D eigenvalue weighted by atomic mass is 16.4. The summed E-state index contributed by atoms with van der Waals surface area (Å²) in [6.45, 7) is 5.88. The first-order valence-electron chi connectivity index (χ1n) is 4.09. The number of aryl methyl sites for hydroxylation is 2. The molecule has 1 aromatic heterocycles. The number of carbonyl (C=O) groups is 1. The van der Waals surface area contributed by atoms with E-state index in [1.54, 1.807) is 6.08 Å². The summed E-state index contributed by atoms with van der Waals surface area (Å²) in [5.74, 6) is -0.919. The quantitative estimate of drug-likeness (QED) is 0.682. The van der Waals surface area contributed by atoms with E-state index in [1.165, 1.54) is 0 Å². The lowest BCUT2D eigenvalue weighted by molar-refractivity contribution is -0.131. The van der Waals surface area contributed by atoms with Crippen LogP contribution < -0.4 is 0 Å². The molecule has 0 radical (unpaired) electrons. The highest BCUT2D eigenvalue weighted by Gasteiger charge is 2.04. The molecular formula is C10H13NO2. The Morgan fingerprint density at radius 2 is 1.92 bits per heavy atom. The van der Waals surface area contributed by atoms with Gasteiger partial charge in [0.25, 0.3) is 0 Å². The Bertz CT molecular complexity index is 361. The Morgan fingerprint density at radius 1 is 1.31 bits per heavy atom. The third-order valence-electron chi connectivity index (χ3n) is 2.14. The smallest absolute Gasteiger partial charge is 0.328 e. The Labute approximate surface area is 77.1 Å². The van der Waals surface area contributed by atoms with E-state index in [9.17, 15) is 4.79 Å². The van der Waals surface area contributed by atoms with Gasteiger partial charge in [0.1, 0.15) is 0 Å². The predicted molar refractivity (Wildman–Crippen MR) is 51.7 cm³/mol. The topological polar surface area (TPSA) is 53.1 Å². The summed E-state index contributed by atoms with van der Waals surface area (Å²) in [5, 5.41) is 8.47. The van der Waals surface area contributed by atoms with Gasteiger partial charge in [-0.2, -0.15) is 0 Å². The lowest BCUT2D eigenvalue weighted by Crippen LogP contribution is -1.86. The normalized spacial score (nSPS) is 11.0. The van der Waals surface area contributed by atoms with Crippen molar-refractivity contribution in [3.05, 3.63) is 28.6 Å². The van der Waals surface area contributed by atoms with Gasteiger partial charge in [-0.15, -0.1) is 0 Å². The predicted octanol–water partition coefficient (Wildman–Crippen LogP) is 2.04. The molecule has 0 aliphatic rings. The molecule has 0 unspecified atom stereocenters. The summed E-state index contributed by atoms with van der Waals surface area (Å²) in [7, 11) is 0. The summed E-state index contributed by atoms with van der Waals surface area (Å²) in [6.07, 6.45) is 2.78. The van der Waals surface area contributed by atoms with Crippen LogP contribution in [0, 0.1) is 20.8 Å².